The van der Waals surface area contributed by atoms with E-state index < -0.39 is 11.6 Å². The first-order valence-corrected chi connectivity index (χ1v) is 6.18. The van der Waals surface area contributed by atoms with Crippen LogP contribution < -0.4 is 11.5 Å². The van der Waals surface area contributed by atoms with E-state index in [2.05, 4.69) is 4.99 Å². The minimum Gasteiger partial charge on any atom is -0.399 e. The first-order valence-electron chi connectivity index (χ1n) is 5.30. The number of hydrogen-bond acceptors (Lipinski definition) is 4. The molecule has 4 N–H and O–H groups in total. The Labute approximate surface area is 101 Å². The van der Waals surface area contributed by atoms with Crippen molar-refractivity contribution in [1.29, 1.82) is 0 Å². The highest BCUT2D eigenvalue weighted by atomic mass is 32.2. The van der Waals surface area contributed by atoms with E-state index >= 15 is 0 Å². The van der Waals surface area contributed by atoms with E-state index in [0.29, 0.717) is 10.4 Å². The van der Waals surface area contributed by atoms with Crippen molar-refractivity contribution in [2.75, 3.05) is 5.73 Å². The number of benzene rings is 1. The van der Waals surface area contributed by atoms with Gasteiger partial charge in [-0.2, -0.15) is 0 Å². The fraction of sp³-hybridized carbons (Fsp3) is 0.364. The molecule has 0 spiro atoms. The van der Waals surface area contributed by atoms with E-state index in [9.17, 15) is 8.78 Å². The molecular formula is C11H11F2N3S. The van der Waals surface area contributed by atoms with Crippen LogP contribution in [0.5, 0.6) is 0 Å². The maximum Gasteiger partial charge on any atom is 0.164 e. The van der Waals surface area contributed by atoms with Gasteiger partial charge in [0.15, 0.2) is 16.8 Å². The number of nitrogens with zero attached hydrogens (tertiary/aromatic N) is 1. The smallest absolute Gasteiger partial charge is 0.164 e. The molecular weight excluding hydrogens is 244 g/mol. The van der Waals surface area contributed by atoms with Gasteiger partial charge in [0.2, 0.25) is 0 Å². The number of nitrogen functional groups attached to an aromatic ring is 1. The second-order valence-electron chi connectivity index (χ2n) is 4.37. The highest BCUT2D eigenvalue weighted by Crippen LogP contribution is 2.54. The molecule has 1 heterocycles. The third-order valence-corrected chi connectivity index (χ3v) is 4.31. The summed E-state index contributed by atoms with van der Waals surface area (Å²) >= 11 is 1.51. The molecule has 3 atom stereocenters. The molecule has 1 aliphatic carbocycles. The van der Waals surface area contributed by atoms with Gasteiger partial charge in [0.1, 0.15) is 0 Å². The Kier molecular flexibility index (Phi) is 2.29. The SMILES string of the molecule is NC1=NC(c2cc(N)cc(F)c2F)C2CC2S1. The van der Waals surface area contributed by atoms with Crippen LogP contribution in [0.4, 0.5) is 14.5 Å². The van der Waals surface area contributed by atoms with Gasteiger partial charge in [-0.1, -0.05) is 11.8 Å². The molecule has 1 saturated carbocycles. The van der Waals surface area contributed by atoms with E-state index in [1.807, 2.05) is 0 Å². The summed E-state index contributed by atoms with van der Waals surface area (Å²) in [5, 5.41) is 0.831. The largest absolute Gasteiger partial charge is 0.399 e. The maximum atomic E-state index is 13.7. The summed E-state index contributed by atoms with van der Waals surface area (Å²) in [6.07, 6.45) is 0.940. The lowest BCUT2D eigenvalue weighted by molar-refractivity contribution is 0.481. The molecule has 0 saturated heterocycles. The Morgan fingerprint density at radius 3 is 2.82 bits per heavy atom. The van der Waals surface area contributed by atoms with Gasteiger partial charge in [-0.25, -0.2) is 8.78 Å². The summed E-state index contributed by atoms with van der Waals surface area (Å²) in [7, 11) is 0. The van der Waals surface area contributed by atoms with Crippen LogP contribution in [-0.4, -0.2) is 10.4 Å². The molecule has 1 fully saturated rings. The lowest BCUT2D eigenvalue weighted by Gasteiger charge is -2.19. The van der Waals surface area contributed by atoms with Crippen LogP contribution >= 0.6 is 11.8 Å². The molecule has 6 heteroatoms. The van der Waals surface area contributed by atoms with E-state index in [0.717, 1.165) is 12.5 Å². The normalized spacial score (nSPS) is 30.7. The van der Waals surface area contributed by atoms with Gasteiger partial charge in [-0.05, 0) is 24.5 Å². The average Bonchev–Trinajstić information content (AvgIpc) is 3.01. The molecule has 1 aromatic carbocycles. The molecule has 3 nitrogen and oxygen atoms in total. The Morgan fingerprint density at radius 1 is 1.29 bits per heavy atom. The lowest BCUT2D eigenvalue weighted by atomic mass is 10.0. The zero-order valence-electron chi connectivity index (χ0n) is 8.86. The summed E-state index contributed by atoms with van der Waals surface area (Å²) in [6.45, 7) is 0. The fourth-order valence-electron chi connectivity index (χ4n) is 2.22. The minimum atomic E-state index is -0.927. The molecule has 3 rings (SSSR count). The first-order chi connectivity index (χ1) is 8.06. The third-order valence-electron chi connectivity index (χ3n) is 3.12. The lowest BCUT2D eigenvalue weighted by Crippen LogP contribution is -2.18. The maximum absolute atomic E-state index is 13.7. The van der Waals surface area contributed by atoms with Crippen molar-refractivity contribution in [3.63, 3.8) is 0 Å². The molecule has 90 valence electrons. The van der Waals surface area contributed by atoms with Gasteiger partial charge in [0, 0.05) is 16.5 Å². The number of aliphatic imine (C=N–C) groups is 1. The number of thioether (sulfide) groups is 1. The van der Waals surface area contributed by atoms with E-state index in [-0.39, 0.29) is 23.2 Å². The Hall–Kier alpha value is -1.30. The van der Waals surface area contributed by atoms with Crippen LogP contribution in [-0.2, 0) is 0 Å². The molecule has 1 aliphatic heterocycles. The van der Waals surface area contributed by atoms with Crippen LogP contribution in [0, 0.1) is 17.6 Å². The van der Waals surface area contributed by atoms with E-state index in [1.165, 1.54) is 17.8 Å². The summed E-state index contributed by atoms with van der Waals surface area (Å²) in [6, 6.07) is 2.04. The Balaban J connectivity index is 2.07. The Morgan fingerprint density at radius 2 is 2.06 bits per heavy atom. The number of rotatable bonds is 1. The first kappa shape index (κ1) is 10.8. The van der Waals surface area contributed by atoms with Crippen molar-refractivity contribution in [1.82, 2.24) is 0 Å². The topological polar surface area (TPSA) is 64.4 Å². The predicted octanol–water partition coefficient (Wildman–Crippen LogP) is 2.04. The second-order valence-corrected chi connectivity index (χ2v) is 5.63. The molecule has 0 bridgehead atoms. The van der Waals surface area contributed by atoms with Gasteiger partial charge < -0.3 is 11.5 Å². The van der Waals surface area contributed by atoms with E-state index in [4.69, 9.17) is 11.5 Å². The summed E-state index contributed by atoms with van der Waals surface area (Å²) in [5.74, 6) is -1.54. The zero-order valence-corrected chi connectivity index (χ0v) is 9.68. The monoisotopic (exact) mass is 255 g/mol. The molecule has 1 aromatic rings. The number of amidine groups is 1. The van der Waals surface area contributed by atoms with Gasteiger partial charge in [0.25, 0.3) is 0 Å². The quantitative estimate of drug-likeness (QED) is 0.755. The van der Waals surface area contributed by atoms with Crippen molar-refractivity contribution < 1.29 is 8.78 Å². The molecule has 3 unspecified atom stereocenters. The predicted molar refractivity (Wildman–Crippen MR) is 64.6 cm³/mol. The van der Waals surface area contributed by atoms with Crippen LogP contribution in [0.3, 0.4) is 0 Å². The molecule has 17 heavy (non-hydrogen) atoms. The zero-order chi connectivity index (χ0) is 12.2. The van der Waals surface area contributed by atoms with Gasteiger partial charge in [-0.3, -0.25) is 4.99 Å². The fourth-order valence-corrected chi connectivity index (χ4v) is 3.35. The highest BCUT2D eigenvalue weighted by Gasteiger charge is 2.48. The Bertz CT molecular complexity index is 518. The molecule has 2 aliphatic rings. The molecule has 0 aromatic heterocycles. The van der Waals surface area contributed by atoms with Crippen molar-refractivity contribution in [3.05, 3.63) is 29.3 Å². The summed E-state index contributed by atoms with van der Waals surface area (Å²) in [4.78, 5) is 4.21. The van der Waals surface area contributed by atoms with Gasteiger partial charge in [-0.15, -0.1) is 0 Å². The number of halogens is 2. The van der Waals surface area contributed by atoms with Crippen LogP contribution in [0.1, 0.15) is 18.0 Å². The average molecular weight is 255 g/mol. The number of anilines is 1. The van der Waals surface area contributed by atoms with Crippen molar-refractivity contribution >= 4 is 22.6 Å². The standard InChI is InChI=1S/C11H11F2N3S/c12-7-2-4(14)1-6(9(7)13)10-5-3-8(5)17-11(15)16-10/h1-2,5,8,10H,3,14H2,(H2,15,16). The molecule has 0 radical (unpaired) electrons. The van der Waals surface area contributed by atoms with Crippen molar-refractivity contribution in [3.8, 4) is 0 Å². The third kappa shape index (κ3) is 1.76. The van der Waals surface area contributed by atoms with Crippen LogP contribution in [0.25, 0.3) is 0 Å². The molecule has 0 amide bonds. The van der Waals surface area contributed by atoms with E-state index in [1.54, 1.807) is 0 Å². The summed E-state index contributed by atoms with van der Waals surface area (Å²) < 4.78 is 27.0. The van der Waals surface area contributed by atoms with Crippen molar-refractivity contribution in [2.24, 2.45) is 16.6 Å². The van der Waals surface area contributed by atoms with Gasteiger partial charge in [0.05, 0.1) is 6.04 Å². The highest BCUT2D eigenvalue weighted by molar-refractivity contribution is 8.14. The van der Waals surface area contributed by atoms with Gasteiger partial charge >= 0.3 is 0 Å². The number of nitrogens with two attached hydrogens (primary N) is 2. The summed E-state index contributed by atoms with van der Waals surface area (Å²) in [5.41, 5.74) is 11.6. The number of hydrogen-bond donors (Lipinski definition) is 2. The minimum absolute atomic E-state index is 0.211. The number of fused-ring (bicyclic) bond motifs is 1. The van der Waals surface area contributed by atoms with Crippen LogP contribution in [0.15, 0.2) is 17.1 Å². The second kappa shape index (κ2) is 3.60. The van der Waals surface area contributed by atoms with Crippen LogP contribution in [0.2, 0.25) is 0 Å². The van der Waals surface area contributed by atoms with Crippen molar-refractivity contribution in [2.45, 2.75) is 17.7 Å².